The maximum absolute atomic E-state index is 12.8. The highest BCUT2D eigenvalue weighted by Gasteiger charge is 2.27. The number of likely N-dealkylation sites (N-methyl/N-ethyl adjacent to an activating group) is 1. The Morgan fingerprint density at radius 3 is 2.90 bits per heavy atom. The number of likely N-dealkylation sites (tertiary alicyclic amines) is 1. The molecule has 4 rings (SSSR count). The second-order valence-corrected chi connectivity index (χ2v) is 7.85. The van der Waals surface area contributed by atoms with Crippen LogP contribution in [0, 0.1) is 12.3 Å². The van der Waals surface area contributed by atoms with Gasteiger partial charge in [0.1, 0.15) is 12.1 Å². The summed E-state index contributed by atoms with van der Waals surface area (Å²) in [6.07, 6.45) is 8.43. The predicted molar refractivity (Wildman–Crippen MR) is 120 cm³/mol. The van der Waals surface area contributed by atoms with E-state index in [4.69, 9.17) is 6.42 Å². The minimum Gasteiger partial charge on any atom is -0.341 e. The smallest absolute Gasteiger partial charge is 0.227 e. The SMILES string of the molecule is C#Cc1cccc(Nc2ncnc3ccc(CC(=O)N4CC[C@@H](N(C)C)C4)cc23)c1. The van der Waals surface area contributed by atoms with Crippen LogP contribution in [0.2, 0.25) is 0 Å². The topological polar surface area (TPSA) is 61.4 Å². The van der Waals surface area contributed by atoms with Gasteiger partial charge in [0.15, 0.2) is 0 Å². The van der Waals surface area contributed by atoms with Crippen LogP contribution in [0.25, 0.3) is 10.9 Å². The molecule has 30 heavy (non-hydrogen) atoms. The van der Waals surface area contributed by atoms with Crippen molar-refractivity contribution in [2.75, 3.05) is 32.5 Å². The molecular formula is C24H25N5O. The number of hydrogen-bond acceptors (Lipinski definition) is 5. The molecular weight excluding hydrogens is 374 g/mol. The third kappa shape index (κ3) is 4.27. The summed E-state index contributed by atoms with van der Waals surface area (Å²) in [5, 5.41) is 4.20. The molecule has 0 bridgehead atoms. The van der Waals surface area contributed by atoms with Crippen molar-refractivity contribution in [3.63, 3.8) is 0 Å². The molecule has 6 nitrogen and oxygen atoms in total. The molecule has 6 heteroatoms. The monoisotopic (exact) mass is 399 g/mol. The van der Waals surface area contributed by atoms with E-state index in [0.29, 0.717) is 18.3 Å². The summed E-state index contributed by atoms with van der Waals surface area (Å²) in [5.41, 5.74) is 3.44. The Morgan fingerprint density at radius 1 is 1.27 bits per heavy atom. The summed E-state index contributed by atoms with van der Waals surface area (Å²) in [5.74, 6) is 3.49. The van der Waals surface area contributed by atoms with Gasteiger partial charge < -0.3 is 15.1 Å². The number of amides is 1. The number of fused-ring (bicyclic) bond motifs is 1. The number of terminal acetylenes is 1. The van der Waals surface area contributed by atoms with Crippen LogP contribution in [0.4, 0.5) is 11.5 Å². The van der Waals surface area contributed by atoms with Crippen molar-refractivity contribution in [3.8, 4) is 12.3 Å². The molecule has 1 atom stereocenters. The lowest BCUT2D eigenvalue weighted by Gasteiger charge is -2.20. The quantitative estimate of drug-likeness (QED) is 0.668. The highest BCUT2D eigenvalue weighted by molar-refractivity contribution is 5.92. The standard InChI is InChI=1S/C24H25N5O/c1-4-17-6-5-7-19(12-17)27-24-21-13-18(8-9-22(21)25-16-26-24)14-23(30)29-11-10-20(15-29)28(2)3/h1,5-9,12-13,16,20H,10-11,14-15H2,2-3H3,(H,25,26,27)/t20-/m1/s1. The average Bonchev–Trinajstić information content (AvgIpc) is 3.25. The molecule has 1 aliphatic heterocycles. The number of rotatable bonds is 5. The van der Waals surface area contributed by atoms with E-state index in [0.717, 1.165) is 47.2 Å². The Balaban J connectivity index is 1.55. The fourth-order valence-electron chi connectivity index (χ4n) is 3.81. The van der Waals surface area contributed by atoms with E-state index in [1.807, 2.05) is 47.4 Å². The summed E-state index contributed by atoms with van der Waals surface area (Å²) < 4.78 is 0. The number of carbonyl (C=O) groups is 1. The van der Waals surface area contributed by atoms with Gasteiger partial charge in [-0.3, -0.25) is 4.79 Å². The lowest BCUT2D eigenvalue weighted by molar-refractivity contribution is -0.129. The van der Waals surface area contributed by atoms with Gasteiger partial charge in [-0.2, -0.15) is 0 Å². The van der Waals surface area contributed by atoms with Gasteiger partial charge in [0.05, 0.1) is 11.9 Å². The second kappa shape index (κ2) is 8.52. The predicted octanol–water partition coefficient (Wildman–Crippen LogP) is 3.06. The van der Waals surface area contributed by atoms with E-state index in [1.165, 1.54) is 6.33 Å². The van der Waals surface area contributed by atoms with Crippen LogP contribution in [0.1, 0.15) is 17.5 Å². The van der Waals surface area contributed by atoms with Crippen molar-refractivity contribution in [3.05, 3.63) is 59.9 Å². The van der Waals surface area contributed by atoms with Gasteiger partial charge in [-0.05, 0) is 56.4 Å². The molecule has 0 aliphatic carbocycles. The highest BCUT2D eigenvalue weighted by atomic mass is 16.2. The van der Waals surface area contributed by atoms with Gasteiger partial charge in [0.2, 0.25) is 5.91 Å². The van der Waals surface area contributed by atoms with Crippen molar-refractivity contribution in [2.45, 2.75) is 18.9 Å². The largest absolute Gasteiger partial charge is 0.341 e. The maximum Gasteiger partial charge on any atom is 0.227 e. The lowest BCUT2D eigenvalue weighted by Crippen LogP contribution is -2.35. The van der Waals surface area contributed by atoms with Gasteiger partial charge in [-0.15, -0.1) is 6.42 Å². The molecule has 152 valence electrons. The minimum absolute atomic E-state index is 0.159. The molecule has 0 unspecified atom stereocenters. The molecule has 0 spiro atoms. The lowest BCUT2D eigenvalue weighted by atomic mass is 10.1. The molecule has 1 N–H and O–H groups in total. The number of benzene rings is 2. The molecule has 1 amide bonds. The van der Waals surface area contributed by atoms with E-state index in [9.17, 15) is 4.79 Å². The normalized spacial score (nSPS) is 16.1. The first kappa shape index (κ1) is 19.9. The van der Waals surface area contributed by atoms with Crippen molar-refractivity contribution in [1.29, 1.82) is 0 Å². The van der Waals surface area contributed by atoms with Crippen LogP contribution >= 0.6 is 0 Å². The molecule has 1 fully saturated rings. The van der Waals surface area contributed by atoms with Crippen LogP contribution in [0.3, 0.4) is 0 Å². The number of nitrogens with zero attached hydrogens (tertiary/aromatic N) is 4. The van der Waals surface area contributed by atoms with Crippen LogP contribution in [0.15, 0.2) is 48.8 Å². The van der Waals surface area contributed by atoms with Gasteiger partial charge >= 0.3 is 0 Å². The summed E-state index contributed by atoms with van der Waals surface area (Å²) >= 11 is 0. The minimum atomic E-state index is 0.159. The van der Waals surface area contributed by atoms with E-state index in [2.05, 4.69) is 40.2 Å². The number of anilines is 2. The molecule has 0 radical (unpaired) electrons. The van der Waals surface area contributed by atoms with Gasteiger partial charge in [-0.1, -0.05) is 18.1 Å². The summed E-state index contributed by atoms with van der Waals surface area (Å²) in [4.78, 5) is 25.7. The number of carbonyl (C=O) groups excluding carboxylic acids is 1. The zero-order valence-corrected chi connectivity index (χ0v) is 17.3. The van der Waals surface area contributed by atoms with Crippen LogP contribution in [-0.2, 0) is 11.2 Å². The number of aromatic nitrogens is 2. The van der Waals surface area contributed by atoms with Gasteiger partial charge in [0.25, 0.3) is 0 Å². The average molecular weight is 399 g/mol. The van der Waals surface area contributed by atoms with Crippen molar-refractivity contribution < 1.29 is 4.79 Å². The highest BCUT2D eigenvalue weighted by Crippen LogP contribution is 2.25. The Hall–Kier alpha value is -3.43. The third-order valence-corrected chi connectivity index (χ3v) is 5.59. The Labute approximate surface area is 176 Å². The van der Waals surface area contributed by atoms with E-state index < -0.39 is 0 Å². The fraction of sp³-hybridized carbons (Fsp3) is 0.292. The summed E-state index contributed by atoms with van der Waals surface area (Å²) in [7, 11) is 4.13. The van der Waals surface area contributed by atoms with Crippen LogP contribution < -0.4 is 5.32 Å². The molecule has 3 aromatic rings. The molecule has 2 heterocycles. The Morgan fingerprint density at radius 2 is 2.13 bits per heavy atom. The van der Waals surface area contributed by atoms with Crippen molar-refractivity contribution in [2.24, 2.45) is 0 Å². The third-order valence-electron chi connectivity index (χ3n) is 5.59. The van der Waals surface area contributed by atoms with E-state index in [-0.39, 0.29) is 5.91 Å². The second-order valence-electron chi connectivity index (χ2n) is 7.85. The van der Waals surface area contributed by atoms with Crippen molar-refractivity contribution >= 4 is 28.3 Å². The molecule has 0 saturated carbocycles. The first-order chi connectivity index (χ1) is 14.5. The Bertz CT molecular complexity index is 1120. The molecule has 1 aliphatic rings. The number of hydrogen-bond donors (Lipinski definition) is 1. The van der Waals surface area contributed by atoms with Crippen molar-refractivity contribution in [1.82, 2.24) is 19.8 Å². The van der Waals surface area contributed by atoms with Crippen LogP contribution in [-0.4, -0.2) is 58.9 Å². The summed E-state index contributed by atoms with van der Waals surface area (Å²) in [6, 6.07) is 14.0. The summed E-state index contributed by atoms with van der Waals surface area (Å²) in [6.45, 7) is 1.61. The van der Waals surface area contributed by atoms with Crippen LogP contribution in [0.5, 0.6) is 0 Å². The Kier molecular flexibility index (Phi) is 5.64. The first-order valence-electron chi connectivity index (χ1n) is 10.0. The zero-order valence-electron chi connectivity index (χ0n) is 17.3. The molecule has 2 aromatic carbocycles. The van der Waals surface area contributed by atoms with Gasteiger partial charge in [0, 0.05) is 35.8 Å². The fourth-order valence-corrected chi connectivity index (χ4v) is 3.81. The first-order valence-corrected chi connectivity index (χ1v) is 10.0. The number of nitrogens with one attached hydrogen (secondary N) is 1. The zero-order chi connectivity index (χ0) is 21.1. The maximum atomic E-state index is 12.8. The van der Waals surface area contributed by atoms with Gasteiger partial charge in [-0.25, -0.2) is 9.97 Å². The van der Waals surface area contributed by atoms with E-state index in [1.54, 1.807) is 0 Å². The van der Waals surface area contributed by atoms with E-state index >= 15 is 0 Å². The molecule has 1 saturated heterocycles. The molecule has 1 aromatic heterocycles.